The summed E-state index contributed by atoms with van der Waals surface area (Å²) < 4.78 is 0. The van der Waals surface area contributed by atoms with Gasteiger partial charge in [-0.05, 0) is 215 Å². The largest absolute Gasteiger partial charge is 0.0760 e. The zero-order valence-electron chi connectivity index (χ0n) is 41.2. The van der Waals surface area contributed by atoms with Crippen LogP contribution in [0.3, 0.4) is 0 Å². The molecule has 0 saturated carbocycles. The lowest BCUT2D eigenvalue weighted by atomic mass is 9.81. The van der Waals surface area contributed by atoms with E-state index in [-0.39, 0.29) is 0 Å². The number of benzene rings is 6. The lowest BCUT2D eigenvalue weighted by Crippen LogP contribution is -2.02. The second-order valence-corrected chi connectivity index (χ2v) is 18.7. The molecule has 10 aliphatic carbocycles. The first kappa shape index (κ1) is 46.3. The Bertz CT molecular complexity index is 2310. The van der Waals surface area contributed by atoms with Gasteiger partial charge in [-0.25, -0.2) is 0 Å². The van der Waals surface area contributed by atoms with Crippen molar-refractivity contribution in [3.63, 3.8) is 0 Å². The Labute approximate surface area is 387 Å². The average molecular weight is 841 g/mol. The van der Waals surface area contributed by atoms with Crippen LogP contribution in [0.5, 0.6) is 0 Å². The third-order valence-corrected chi connectivity index (χ3v) is 13.4. The zero-order valence-corrected chi connectivity index (χ0v) is 41.2. The Morgan fingerprint density at radius 2 is 0.406 bits per heavy atom. The molecule has 0 atom stereocenters. The quantitative estimate of drug-likeness (QED) is 0.143. The maximum absolute atomic E-state index is 2.52. The summed E-state index contributed by atoms with van der Waals surface area (Å²) in [4.78, 5) is 0. The van der Waals surface area contributed by atoms with Crippen molar-refractivity contribution >= 4 is 22.3 Å². The van der Waals surface area contributed by atoms with Crippen molar-refractivity contribution in [2.24, 2.45) is 0 Å². The van der Waals surface area contributed by atoms with Crippen molar-refractivity contribution in [3.05, 3.63) is 188 Å². The van der Waals surface area contributed by atoms with Crippen LogP contribution in [-0.4, -0.2) is 0 Å². The highest BCUT2D eigenvalue weighted by Crippen LogP contribution is 2.44. The topological polar surface area (TPSA) is 0 Å². The molecule has 0 spiro atoms. The SMILES string of the molecule is CCC/C=C1/C(=C/CCC)c2c(C)cc(cc2C)-c2ccc(cc2)-c2cc(C)c(c(C)c2)C(=C\CCC)/C(=C/CCC)c2c(C)cc(cc2C)-c2ccc(cc2)-c2cc(C)c1c(C)c2. The molecule has 10 aliphatic rings. The van der Waals surface area contributed by atoms with Crippen LogP contribution in [0.15, 0.2) is 121 Å². The molecule has 0 nitrogen and oxygen atoms in total. The van der Waals surface area contributed by atoms with Gasteiger partial charge in [0.2, 0.25) is 0 Å². The van der Waals surface area contributed by atoms with Crippen LogP contribution in [-0.2, 0) is 0 Å². The second kappa shape index (κ2) is 20.4. The van der Waals surface area contributed by atoms with Crippen LogP contribution in [0.2, 0.25) is 0 Å². The Morgan fingerprint density at radius 1 is 0.250 bits per heavy atom. The van der Waals surface area contributed by atoms with Crippen LogP contribution in [0.4, 0.5) is 0 Å². The van der Waals surface area contributed by atoms with Crippen molar-refractivity contribution in [3.8, 4) is 44.5 Å². The van der Waals surface area contributed by atoms with Crippen LogP contribution in [0.1, 0.15) is 146 Å². The first-order valence-corrected chi connectivity index (χ1v) is 24.4. The molecule has 0 unspecified atom stereocenters. The van der Waals surface area contributed by atoms with E-state index in [1.54, 1.807) is 0 Å². The van der Waals surface area contributed by atoms with E-state index in [0.29, 0.717) is 0 Å². The molecule has 12 bridgehead atoms. The van der Waals surface area contributed by atoms with Crippen molar-refractivity contribution in [1.29, 1.82) is 0 Å². The lowest BCUT2D eigenvalue weighted by molar-refractivity contribution is 0.955. The summed E-state index contributed by atoms with van der Waals surface area (Å²) >= 11 is 0. The van der Waals surface area contributed by atoms with Gasteiger partial charge in [-0.3, -0.25) is 0 Å². The van der Waals surface area contributed by atoms with Crippen molar-refractivity contribution in [2.75, 3.05) is 0 Å². The van der Waals surface area contributed by atoms with E-state index >= 15 is 0 Å². The molecular weight excluding hydrogens is 769 g/mol. The predicted octanol–water partition coefficient (Wildman–Crippen LogP) is 19.3. The fourth-order valence-electron chi connectivity index (χ4n) is 10.5. The van der Waals surface area contributed by atoms with Crippen molar-refractivity contribution < 1.29 is 0 Å². The molecule has 0 fully saturated rings. The first-order chi connectivity index (χ1) is 30.9. The Kier molecular flexibility index (Phi) is 14.8. The molecule has 0 aliphatic heterocycles. The van der Waals surface area contributed by atoms with E-state index in [1.807, 2.05) is 0 Å². The number of allylic oxidation sites excluding steroid dienone is 8. The summed E-state index contributed by atoms with van der Waals surface area (Å²) in [6.45, 7) is 27.7. The molecule has 0 saturated heterocycles. The fraction of sp³-hybridized carbons (Fsp3) is 0.312. The summed E-state index contributed by atoms with van der Waals surface area (Å²) in [6.07, 6.45) is 18.7. The van der Waals surface area contributed by atoms with Gasteiger partial charge in [0.05, 0.1) is 0 Å². The molecule has 0 amide bonds. The van der Waals surface area contributed by atoms with E-state index in [2.05, 4.69) is 204 Å². The van der Waals surface area contributed by atoms with Gasteiger partial charge in [-0.2, -0.15) is 0 Å². The van der Waals surface area contributed by atoms with Crippen molar-refractivity contribution in [1.82, 2.24) is 0 Å². The molecule has 0 radical (unpaired) electrons. The molecule has 328 valence electrons. The summed E-state index contributed by atoms with van der Waals surface area (Å²) in [6, 6.07) is 38.0. The highest BCUT2D eigenvalue weighted by atomic mass is 14.3. The summed E-state index contributed by atoms with van der Waals surface area (Å²) in [5.74, 6) is 0. The molecule has 0 N–H and O–H groups in total. The molecule has 0 heterocycles. The maximum atomic E-state index is 2.52. The van der Waals surface area contributed by atoms with E-state index in [9.17, 15) is 0 Å². The Hall–Kier alpha value is -5.72. The Morgan fingerprint density at radius 3 is 0.547 bits per heavy atom. The number of unbranched alkanes of at least 4 members (excludes halogenated alkanes) is 4. The minimum Gasteiger partial charge on any atom is -0.0760 e. The van der Waals surface area contributed by atoms with Crippen LogP contribution >= 0.6 is 0 Å². The smallest absolute Gasteiger partial charge is 0.0122 e. The third-order valence-electron chi connectivity index (χ3n) is 13.4. The highest BCUT2D eigenvalue weighted by molar-refractivity contribution is 6.09. The molecular formula is C64H72. The van der Waals surface area contributed by atoms with E-state index < -0.39 is 0 Å². The average Bonchev–Trinajstić information content (AvgIpc) is 3.27. The minimum absolute atomic E-state index is 1.04. The van der Waals surface area contributed by atoms with E-state index in [4.69, 9.17) is 0 Å². The Balaban J connectivity index is 1.48. The molecule has 64 heavy (non-hydrogen) atoms. The second-order valence-electron chi connectivity index (χ2n) is 18.7. The van der Waals surface area contributed by atoms with E-state index in [0.717, 1.165) is 51.4 Å². The summed E-state index contributed by atoms with van der Waals surface area (Å²) in [7, 11) is 0. The maximum Gasteiger partial charge on any atom is -0.0122 e. The summed E-state index contributed by atoms with van der Waals surface area (Å²) in [5.41, 5.74) is 31.6. The monoisotopic (exact) mass is 841 g/mol. The number of rotatable bonds is 8. The number of hydrogen-bond acceptors (Lipinski definition) is 0. The molecule has 6 aromatic rings. The molecule has 6 aromatic carbocycles. The zero-order chi connectivity index (χ0) is 45.7. The lowest BCUT2D eigenvalue weighted by Gasteiger charge is -2.23. The van der Waals surface area contributed by atoms with Gasteiger partial charge in [0.1, 0.15) is 0 Å². The molecule has 0 heteroatoms. The van der Waals surface area contributed by atoms with Gasteiger partial charge >= 0.3 is 0 Å². The highest BCUT2D eigenvalue weighted by Gasteiger charge is 2.22. The van der Waals surface area contributed by atoms with E-state index in [1.165, 1.54) is 134 Å². The molecule has 0 aromatic heterocycles. The van der Waals surface area contributed by atoms with Crippen LogP contribution < -0.4 is 0 Å². The predicted molar refractivity (Wildman–Crippen MR) is 284 cm³/mol. The summed E-state index contributed by atoms with van der Waals surface area (Å²) in [5, 5.41) is 0. The van der Waals surface area contributed by atoms with Crippen molar-refractivity contribution in [2.45, 2.75) is 134 Å². The first-order valence-electron chi connectivity index (χ1n) is 24.4. The fourth-order valence-corrected chi connectivity index (χ4v) is 10.5. The van der Waals surface area contributed by atoms with Gasteiger partial charge in [0.15, 0.2) is 0 Å². The van der Waals surface area contributed by atoms with Crippen LogP contribution in [0.25, 0.3) is 66.8 Å². The van der Waals surface area contributed by atoms with Gasteiger partial charge in [0, 0.05) is 0 Å². The number of aryl methyl sites for hydroxylation is 8. The minimum atomic E-state index is 1.04. The van der Waals surface area contributed by atoms with Gasteiger partial charge < -0.3 is 0 Å². The molecule has 16 rings (SSSR count). The van der Waals surface area contributed by atoms with Gasteiger partial charge in [0.25, 0.3) is 0 Å². The number of hydrogen-bond donors (Lipinski definition) is 0. The van der Waals surface area contributed by atoms with Gasteiger partial charge in [-0.15, -0.1) is 0 Å². The van der Waals surface area contributed by atoms with Crippen LogP contribution in [0, 0.1) is 55.4 Å². The third kappa shape index (κ3) is 9.54. The normalized spacial score (nSPS) is 15.2. The van der Waals surface area contributed by atoms with Gasteiger partial charge in [-0.1, -0.05) is 175 Å². The standard InChI is InChI=1S/C64H72/c1-13-17-21-57-58(22-18-14-2)62-43(7)35-54(36-44(62)8)50-29-31-52(32-30-50)56-39-47(11)64(48(12)40-56)60(24-20-16-4)59(23-19-15-3)63-45(9)37-55(38-46(63)10)51-27-25-49(26-28-51)53-33-41(5)61(57)42(6)34-53/h21-40H,13-20H2,1-12H3/b57-21-,58-22-,59-23-,60-24-.